The molecule has 1 aromatic carbocycles. The highest BCUT2D eigenvalue weighted by Gasteiger charge is 2.25. The molecule has 3 N–H and O–H groups in total. The number of aromatic amines is 1. The van der Waals surface area contributed by atoms with Gasteiger partial charge in [0.2, 0.25) is 0 Å². The summed E-state index contributed by atoms with van der Waals surface area (Å²) < 4.78 is 31.0. The van der Waals surface area contributed by atoms with E-state index in [4.69, 9.17) is 15.5 Å². The molecule has 0 unspecified atom stereocenters. The van der Waals surface area contributed by atoms with Gasteiger partial charge in [0, 0.05) is 24.4 Å². The first-order valence-corrected chi connectivity index (χ1v) is 12.1. The van der Waals surface area contributed by atoms with E-state index in [9.17, 15) is 8.42 Å². The lowest BCUT2D eigenvalue weighted by atomic mass is 10.0. The van der Waals surface area contributed by atoms with Gasteiger partial charge in [0.25, 0.3) is 0 Å². The minimum atomic E-state index is -3.30. The Bertz CT molecular complexity index is 1380. The number of rotatable bonds is 4. The standard InChI is InChI=1S/C21H23N7O3S/c1-13-12-31-10-9-27(13)18-11-16(14-3-5-15(6-4-14)32(2,29)30)19-20(22)26-28(21(19)24-18)17-7-8-23-25-17/h3-8,11,13H,9-10,12H2,1-2H3,(H2,22,26)(H,23,25)/t13-/m1/s1. The van der Waals surface area contributed by atoms with Crippen LogP contribution in [0.25, 0.3) is 28.0 Å². The summed E-state index contributed by atoms with van der Waals surface area (Å²) in [6, 6.07) is 10.7. The van der Waals surface area contributed by atoms with Crippen molar-refractivity contribution in [3.8, 4) is 16.9 Å². The molecule has 32 heavy (non-hydrogen) atoms. The summed E-state index contributed by atoms with van der Waals surface area (Å²) in [6.45, 7) is 4.02. The summed E-state index contributed by atoms with van der Waals surface area (Å²) in [6.07, 6.45) is 2.83. The third kappa shape index (κ3) is 3.49. The van der Waals surface area contributed by atoms with Gasteiger partial charge in [-0.2, -0.15) is 9.78 Å². The second-order valence-electron chi connectivity index (χ2n) is 7.88. The Kier molecular flexibility index (Phi) is 4.86. The number of hydrogen-bond donors (Lipinski definition) is 2. The summed E-state index contributed by atoms with van der Waals surface area (Å²) in [5, 5.41) is 12.1. The molecule has 0 amide bonds. The number of anilines is 2. The maximum Gasteiger partial charge on any atom is 0.175 e. The van der Waals surface area contributed by atoms with E-state index in [1.165, 1.54) is 6.26 Å². The third-order valence-electron chi connectivity index (χ3n) is 5.62. The van der Waals surface area contributed by atoms with E-state index in [0.717, 1.165) is 16.9 Å². The lowest BCUT2D eigenvalue weighted by Gasteiger charge is -2.34. The van der Waals surface area contributed by atoms with Gasteiger partial charge in [-0.05, 0) is 30.7 Å². The van der Waals surface area contributed by atoms with Gasteiger partial charge in [0.1, 0.15) is 5.82 Å². The van der Waals surface area contributed by atoms with Crippen LogP contribution in [0.2, 0.25) is 0 Å². The van der Waals surface area contributed by atoms with Crippen LogP contribution in [0.4, 0.5) is 11.6 Å². The molecule has 1 fully saturated rings. The van der Waals surface area contributed by atoms with Crippen LogP contribution < -0.4 is 10.6 Å². The van der Waals surface area contributed by atoms with Crippen LogP contribution in [0, 0.1) is 0 Å². The van der Waals surface area contributed by atoms with Gasteiger partial charge < -0.3 is 15.4 Å². The highest BCUT2D eigenvalue weighted by atomic mass is 32.2. The smallest absolute Gasteiger partial charge is 0.175 e. The van der Waals surface area contributed by atoms with Crippen LogP contribution in [0.15, 0.2) is 47.5 Å². The summed E-state index contributed by atoms with van der Waals surface area (Å²) in [7, 11) is -3.30. The van der Waals surface area contributed by atoms with Crippen LogP contribution in [0.5, 0.6) is 0 Å². The monoisotopic (exact) mass is 453 g/mol. The van der Waals surface area contributed by atoms with Crippen LogP contribution in [-0.2, 0) is 14.6 Å². The molecule has 4 heterocycles. The van der Waals surface area contributed by atoms with Gasteiger partial charge in [0.05, 0.1) is 35.7 Å². The number of ether oxygens (including phenoxy) is 1. The molecular weight excluding hydrogens is 430 g/mol. The molecule has 1 saturated heterocycles. The fourth-order valence-corrected chi connectivity index (χ4v) is 4.62. The van der Waals surface area contributed by atoms with Crippen molar-refractivity contribution in [2.45, 2.75) is 17.9 Å². The fraction of sp³-hybridized carbons (Fsp3) is 0.286. The molecule has 166 valence electrons. The van der Waals surface area contributed by atoms with Gasteiger partial charge in [0.15, 0.2) is 27.1 Å². The predicted molar refractivity (Wildman–Crippen MR) is 122 cm³/mol. The zero-order chi connectivity index (χ0) is 22.5. The molecule has 0 aliphatic carbocycles. The Labute approximate surface area is 184 Å². The van der Waals surface area contributed by atoms with Crippen LogP contribution >= 0.6 is 0 Å². The topological polar surface area (TPSA) is 132 Å². The van der Waals surface area contributed by atoms with E-state index in [1.54, 1.807) is 41.2 Å². The molecule has 1 aliphatic rings. The Balaban J connectivity index is 1.75. The second kappa shape index (κ2) is 7.61. The third-order valence-corrected chi connectivity index (χ3v) is 6.75. The molecule has 3 aromatic heterocycles. The zero-order valence-corrected chi connectivity index (χ0v) is 18.5. The fourth-order valence-electron chi connectivity index (χ4n) is 3.99. The van der Waals surface area contributed by atoms with Crippen LogP contribution in [0.3, 0.4) is 0 Å². The number of pyridine rings is 1. The minimum Gasteiger partial charge on any atom is -0.382 e. The Morgan fingerprint density at radius 2 is 2.00 bits per heavy atom. The van der Waals surface area contributed by atoms with Crippen molar-refractivity contribution < 1.29 is 13.2 Å². The number of fused-ring (bicyclic) bond motifs is 1. The van der Waals surface area contributed by atoms with E-state index < -0.39 is 9.84 Å². The largest absolute Gasteiger partial charge is 0.382 e. The SMILES string of the molecule is C[C@@H]1COCCN1c1cc(-c2ccc(S(C)(=O)=O)cc2)c2c(N)nn(-c3ccn[nH]3)c2n1. The van der Waals surface area contributed by atoms with Crippen molar-refractivity contribution in [2.75, 3.05) is 36.6 Å². The first-order chi connectivity index (χ1) is 15.3. The number of sulfone groups is 1. The average Bonchev–Trinajstić information content (AvgIpc) is 3.41. The molecule has 0 saturated carbocycles. The van der Waals surface area contributed by atoms with Gasteiger partial charge in [-0.1, -0.05) is 12.1 Å². The number of nitrogens with two attached hydrogens (primary N) is 1. The minimum absolute atomic E-state index is 0.148. The zero-order valence-electron chi connectivity index (χ0n) is 17.7. The molecule has 0 bridgehead atoms. The first kappa shape index (κ1) is 20.5. The van der Waals surface area contributed by atoms with E-state index in [1.807, 2.05) is 6.07 Å². The van der Waals surface area contributed by atoms with Crippen molar-refractivity contribution in [1.82, 2.24) is 25.0 Å². The highest BCUT2D eigenvalue weighted by molar-refractivity contribution is 7.90. The first-order valence-electron chi connectivity index (χ1n) is 10.2. The van der Waals surface area contributed by atoms with Gasteiger partial charge in [-0.15, -0.1) is 5.10 Å². The molecular formula is C21H23N7O3S. The molecule has 5 rings (SSSR count). The molecule has 0 radical (unpaired) electrons. The van der Waals surface area contributed by atoms with Gasteiger partial charge in [-0.25, -0.2) is 13.4 Å². The molecule has 11 heteroatoms. The van der Waals surface area contributed by atoms with Crippen LogP contribution in [0.1, 0.15) is 6.92 Å². The lowest BCUT2D eigenvalue weighted by molar-refractivity contribution is 0.0985. The van der Waals surface area contributed by atoms with E-state index in [-0.39, 0.29) is 10.9 Å². The number of nitrogen functional groups attached to an aromatic ring is 1. The molecule has 1 atom stereocenters. The van der Waals surface area contributed by atoms with Crippen molar-refractivity contribution >= 4 is 32.5 Å². The number of H-pyrrole nitrogens is 1. The average molecular weight is 454 g/mol. The Morgan fingerprint density at radius 1 is 1.22 bits per heavy atom. The Hall–Kier alpha value is -3.44. The number of nitrogens with zero attached hydrogens (tertiary/aromatic N) is 5. The van der Waals surface area contributed by atoms with E-state index in [0.29, 0.717) is 42.4 Å². The lowest BCUT2D eigenvalue weighted by Crippen LogP contribution is -2.44. The van der Waals surface area contributed by atoms with E-state index in [2.05, 4.69) is 27.1 Å². The maximum absolute atomic E-state index is 11.9. The number of morpholine rings is 1. The summed E-state index contributed by atoms with van der Waals surface area (Å²) in [5.41, 5.74) is 8.58. The molecule has 0 spiro atoms. The number of hydrogen-bond acceptors (Lipinski definition) is 8. The quantitative estimate of drug-likeness (QED) is 0.480. The molecule has 4 aromatic rings. The van der Waals surface area contributed by atoms with Gasteiger partial charge in [-0.3, -0.25) is 5.10 Å². The van der Waals surface area contributed by atoms with E-state index >= 15 is 0 Å². The van der Waals surface area contributed by atoms with Crippen molar-refractivity contribution in [3.05, 3.63) is 42.6 Å². The molecule has 10 nitrogen and oxygen atoms in total. The van der Waals surface area contributed by atoms with Crippen molar-refractivity contribution in [2.24, 2.45) is 0 Å². The van der Waals surface area contributed by atoms with Crippen molar-refractivity contribution in [1.29, 1.82) is 0 Å². The second-order valence-corrected chi connectivity index (χ2v) is 9.90. The normalized spacial score (nSPS) is 17.2. The Morgan fingerprint density at radius 3 is 2.66 bits per heavy atom. The number of benzene rings is 1. The van der Waals surface area contributed by atoms with Crippen LogP contribution in [-0.4, -0.2) is 65.4 Å². The number of nitrogens with one attached hydrogen (secondary N) is 1. The van der Waals surface area contributed by atoms with Gasteiger partial charge >= 0.3 is 0 Å². The van der Waals surface area contributed by atoms with Crippen molar-refractivity contribution in [3.63, 3.8) is 0 Å². The summed E-state index contributed by atoms with van der Waals surface area (Å²) in [4.78, 5) is 7.37. The maximum atomic E-state index is 11.9. The summed E-state index contributed by atoms with van der Waals surface area (Å²) in [5.74, 6) is 1.74. The predicted octanol–water partition coefficient (Wildman–Crippen LogP) is 2.02. The summed E-state index contributed by atoms with van der Waals surface area (Å²) >= 11 is 0. The highest BCUT2D eigenvalue weighted by Crippen LogP contribution is 2.36. The number of aromatic nitrogens is 5. The molecule has 1 aliphatic heterocycles.